The molecule has 7 nitrogen and oxygen atoms in total. The highest BCUT2D eigenvalue weighted by Crippen LogP contribution is 2.32. The van der Waals surface area contributed by atoms with Crippen LogP contribution < -0.4 is 10.9 Å². The second-order valence-electron chi connectivity index (χ2n) is 7.20. The van der Waals surface area contributed by atoms with Crippen molar-refractivity contribution in [3.63, 3.8) is 0 Å². The van der Waals surface area contributed by atoms with Gasteiger partial charge in [0, 0.05) is 17.1 Å². The van der Waals surface area contributed by atoms with Crippen molar-refractivity contribution in [2.75, 3.05) is 18.2 Å². The lowest BCUT2D eigenvalue weighted by atomic mass is 10.2. The van der Waals surface area contributed by atoms with E-state index in [1.54, 1.807) is 30.3 Å². The number of nitrogens with one attached hydrogen (secondary N) is 1. The maximum absolute atomic E-state index is 13.2. The van der Waals surface area contributed by atoms with Gasteiger partial charge >= 0.3 is 5.97 Å². The third-order valence-corrected chi connectivity index (χ3v) is 6.96. The Balaban J connectivity index is 1.54. The molecule has 0 bridgehead atoms. The van der Waals surface area contributed by atoms with Crippen molar-refractivity contribution in [2.24, 2.45) is 0 Å². The summed E-state index contributed by atoms with van der Waals surface area (Å²) in [6, 6.07) is 18.1. The van der Waals surface area contributed by atoms with Crippen molar-refractivity contribution in [1.29, 1.82) is 0 Å². The van der Waals surface area contributed by atoms with Gasteiger partial charge in [-0.1, -0.05) is 48.2 Å². The van der Waals surface area contributed by atoms with Crippen LogP contribution in [0.5, 0.6) is 0 Å². The molecule has 4 aromatic rings. The Morgan fingerprint density at radius 3 is 2.59 bits per heavy atom. The topological polar surface area (TPSA) is 90.3 Å². The van der Waals surface area contributed by atoms with Gasteiger partial charge in [-0.25, -0.2) is 9.78 Å². The normalized spacial score (nSPS) is 10.7. The minimum absolute atomic E-state index is 0.0603. The summed E-state index contributed by atoms with van der Waals surface area (Å²) < 4.78 is 6.20. The van der Waals surface area contributed by atoms with E-state index in [-0.39, 0.29) is 23.8 Å². The van der Waals surface area contributed by atoms with Crippen molar-refractivity contribution in [1.82, 2.24) is 9.55 Å². The van der Waals surface area contributed by atoms with Crippen LogP contribution >= 0.6 is 23.1 Å². The SMILES string of the molecule is C=CCn1c(SCC(=O)Nc2ccc(C(=O)OC)cc2)nc2sc(-c3ccccc3)cc2c1=O. The van der Waals surface area contributed by atoms with Crippen LogP contribution in [0.4, 0.5) is 5.69 Å². The Hall–Kier alpha value is -3.69. The number of benzene rings is 2. The third-order valence-electron chi connectivity index (χ3n) is 4.91. The largest absolute Gasteiger partial charge is 0.465 e. The van der Waals surface area contributed by atoms with Gasteiger partial charge in [-0.2, -0.15) is 0 Å². The van der Waals surface area contributed by atoms with Crippen LogP contribution in [0.15, 0.2) is 83.3 Å². The van der Waals surface area contributed by atoms with Crippen LogP contribution in [0, 0.1) is 0 Å². The summed E-state index contributed by atoms with van der Waals surface area (Å²) in [5.41, 5.74) is 1.80. The number of thiophene rings is 1. The molecule has 0 aliphatic rings. The van der Waals surface area contributed by atoms with Crippen LogP contribution in [-0.4, -0.2) is 34.3 Å². The van der Waals surface area contributed by atoms with Crippen molar-refractivity contribution in [3.8, 4) is 10.4 Å². The van der Waals surface area contributed by atoms with E-state index in [9.17, 15) is 14.4 Å². The number of anilines is 1. The Labute approximate surface area is 204 Å². The number of thioether (sulfide) groups is 1. The van der Waals surface area contributed by atoms with E-state index < -0.39 is 5.97 Å². The van der Waals surface area contributed by atoms with Gasteiger partial charge in [0.15, 0.2) is 5.16 Å². The summed E-state index contributed by atoms with van der Waals surface area (Å²) in [4.78, 5) is 43.5. The Bertz CT molecular complexity index is 1410. The molecule has 0 unspecified atom stereocenters. The molecule has 0 saturated carbocycles. The Morgan fingerprint density at radius 1 is 1.18 bits per heavy atom. The van der Waals surface area contributed by atoms with Crippen LogP contribution in [0.1, 0.15) is 10.4 Å². The molecule has 0 fully saturated rings. The maximum atomic E-state index is 13.2. The highest BCUT2D eigenvalue weighted by atomic mass is 32.2. The standard InChI is InChI=1S/C25H21N3O4S2/c1-3-13-28-23(30)19-14-20(16-7-5-4-6-8-16)34-22(19)27-25(28)33-15-21(29)26-18-11-9-17(10-12-18)24(31)32-2/h3-12,14H,1,13,15H2,2H3,(H,26,29). The fraction of sp³-hybridized carbons (Fsp3) is 0.120. The zero-order valence-electron chi connectivity index (χ0n) is 18.3. The summed E-state index contributed by atoms with van der Waals surface area (Å²) in [7, 11) is 1.31. The van der Waals surface area contributed by atoms with Gasteiger partial charge in [0.05, 0.1) is 23.8 Å². The fourth-order valence-corrected chi connectivity index (χ4v) is 5.16. The maximum Gasteiger partial charge on any atom is 0.337 e. The number of esters is 1. The minimum atomic E-state index is -0.445. The molecule has 0 atom stereocenters. The molecule has 0 radical (unpaired) electrons. The smallest absolute Gasteiger partial charge is 0.337 e. The summed E-state index contributed by atoms with van der Waals surface area (Å²) in [5, 5.41) is 3.78. The van der Waals surface area contributed by atoms with Gasteiger partial charge in [-0.05, 0) is 35.9 Å². The molecule has 0 aliphatic heterocycles. The number of methoxy groups -OCH3 is 1. The van der Waals surface area contributed by atoms with Crippen LogP contribution in [0.2, 0.25) is 0 Å². The number of nitrogens with zero attached hydrogens (tertiary/aromatic N) is 2. The van der Waals surface area contributed by atoms with E-state index in [4.69, 9.17) is 0 Å². The van der Waals surface area contributed by atoms with Crippen molar-refractivity contribution >= 4 is 50.9 Å². The molecule has 1 N–H and O–H groups in total. The lowest BCUT2D eigenvalue weighted by molar-refractivity contribution is -0.113. The minimum Gasteiger partial charge on any atom is -0.465 e. The quantitative estimate of drug-likeness (QED) is 0.164. The second kappa shape index (κ2) is 10.5. The van der Waals surface area contributed by atoms with E-state index in [2.05, 4.69) is 21.6 Å². The molecule has 0 aliphatic carbocycles. The van der Waals surface area contributed by atoms with Gasteiger partial charge in [-0.3, -0.25) is 14.2 Å². The highest BCUT2D eigenvalue weighted by Gasteiger charge is 2.16. The van der Waals surface area contributed by atoms with Gasteiger partial charge < -0.3 is 10.1 Å². The number of amides is 1. The number of aromatic nitrogens is 2. The first-order valence-electron chi connectivity index (χ1n) is 10.3. The molecule has 2 aromatic heterocycles. The second-order valence-corrected chi connectivity index (χ2v) is 9.17. The number of allylic oxidation sites excluding steroid dienone is 1. The van der Waals surface area contributed by atoms with Crippen molar-refractivity contribution in [2.45, 2.75) is 11.7 Å². The number of hydrogen-bond donors (Lipinski definition) is 1. The Kier molecular flexibility index (Phi) is 7.24. The van der Waals surface area contributed by atoms with E-state index in [1.807, 2.05) is 36.4 Å². The number of carbonyl (C=O) groups is 2. The summed E-state index contributed by atoms with van der Waals surface area (Å²) >= 11 is 2.63. The summed E-state index contributed by atoms with van der Waals surface area (Å²) in [6.45, 7) is 4.03. The number of fused-ring (bicyclic) bond motifs is 1. The first-order chi connectivity index (χ1) is 16.5. The fourth-order valence-electron chi connectivity index (χ4n) is 3.28. The van der Waals surface area contributed by atoms with Gasteiger partial charge in [-0.15, -0.1) is 17.9 Å². The van der Waals surface area contributed by atoms with E-state index in [0.29, 0.717) is 26.6 Å². The molecule has 2 aromatic carbocycles. The molecule has 34 heavy (non-hydrogen) atoms. The van der Waals surface area contributed by atoms with Crippen molar-refractivity contribution in [3.05, 3.63) is 89.2 Å². The van der Waals surface area contributed by atoms with Crippen LogP contribution in [-0.2, 0) is 16.1 Å². The number of hydrogen-bond acceptors (Lipinski definition) is 7. The van der Waals surface area contributed by atoms with Gasteiger partial charge in [0.1, 0.15) is 4.83 Å². The van der Waals surface area contributed by atoms with E-state index in [0.717, 1.165) is 10.4 Å². The predicted octanol–water partition coefficient (Wildman–Crippen LogP) is 4.83. The number of carbonyl (C=O) groups excluding carboxylic acids is 2. The molecule has 4 rings (SSSR count). The Morgan fingerprint density at radius 2 is 1.91 bits per heavy atom. The molecule has 1 amide bonds. The molecule has 2 heterocycles. The molecule has 172 valence electrons. The third kappa shape index (κ3) is 5.11. The molecule has 0 saturated heterocycles. The molecular weight excluding hydrogens is 470 g/mol. The zero-order valence-corrected chi connectivity index (χ0v) is 19.9. The number of rotatable bonds is 8. The highest BCUT2D eigenvalue weighted by molar-refractivity contribution is 7.99. The summed E-state index contributed by atoms with van der Waals surface area (Å²) in [5.74, 6) is -0.643. The predicted molar refractivity (Wildman–Crippen MR) is 137 cm³/mol. The van der Waals surface area contributed by atoms with Gasteiger partial charge in [0.2, 0.25) is 5.91 Å². The van der Waals surface area contributed by atoms with Crippen LogP contribution in [0.3, 0.4) is 0 Å². The summed E-state index contributed by atoms with van der Waals surface area (Å²) in [6.07, 6.45) is 1.63. The first-order valence-corrected chi connectivity index (χ1v) is 12.1. The van der Waals surface area contributed by atoms with Gasteiger partial charge in [0.25, 0.3) is 5.56 Å². The lowest BCUT2D eigenvalue weighted by Gasteiger charge is -2.10. The lowest BCUT2D eigenvalue weighted by Crippen LogP contribution is -2.23. The zero-order chi connectivity index (χ0) is 24.1. The first kappa shape index (κ1) is 23.5. The van der Waals surface area contributed by atoms with Crippen molar-refractivity contribution < 1.29 is 14.3 Å². The molecular formula is C25H21N3O4S2. The number of ether oxygens (including phenoxy) is 1. The van der Waals surface area contributed by atoms with Crippen LogP contribution in [0.25, 0.3) is 20.7 Å². The molecule has 9 heteroatoms. The van der Waals surface area contributed by atoms with E-state index in [1.165, 1.54) is 34.8 Å². The molecule has 0 spiro atoms. The monoisotopic (exact) mass is 491 g/mol. The van der Waals surface area contributed by atoms with E-state index >= 15 is 0 Å². The average molecular weight is 492 g/mol. The average Bonchev–Trinajstić information content (AvgIpc) is 3.30.